The van der Waals surface area contributed by atoms with E-state index in [0.29, 0.717) is 12.4 Å². The number of carboxylic acid groups (broad SMARTS) is 1. The van der Waals surface area contributed by atoms with Crippen LogP contribution in [0.4, 0.5) is 0 Å². The lowest BCUT2D eigenvalue weighted by molar-refractivity contribution is -0.136. The molecule has 1 unspecified atom stereocenters. The van der Waals surface area contributed by atoms with Gasteiger partial charge in [-0.05, 0) is 61.1 Å². The average molecular weight is 407 g/mol. The van der Waals surface area contributed by atoms with Gasteiger partial charge in [0.2, 0.25) is 0 Å². The van der Waals surface area contributed by atoms with Crippen molar-refractivity contribution < 1.29 is 19.4 Å². The molecular weight excluding hydrogens is 382 g/mol. The lowest BCUT2D eigenvalue weighted by atomic mass is 10.0. The monoisotopic (exact) mass is 407 g/mol. The predicted octanol–water partition coefficient (Wildman–Crippen LogP) is 4.16. The van der Waals surface area contributed by atoms with Crippen LogP contribution in [0, 0.1) is 6.92 Å². The first kappa shape index (κ1) is 20.1. The Bertz CT molecular complexity index is 1010. The van der Waals surface area contributed by atoms with Crippen molar-refractivity contribution in [1.82, 2.24) is 14.8 Å². The summed E-state index contributed by atoms with van der Waals surface area (Å²) in [4.78, 5) is 15.6. The molecule has 1 atom stereocenters. The summed E-state index contributed by atoms with van der Waals surface area (Å²) in [5.74, 6) is -0.187. The van der Waals surface area contributed by atoms with Crippen molar-refractivity contribution in [2.75, 3.05) is 6.61 Å². The quantitative estimate of drug-likeness (QED) is 0.633. The molecule has 0 amide bonds. The minimum absolute atomic E-state index is 0.00825. The van der Waals surface area contributed by atoms with E-state index in [0.717, 1.165) is 53.9 Å². The third-order valence-electron chi connectivity index (χ3n) is 5.26. The summed E-state index contributed by atoms with van der Waals surface area (Å²) in [6, 6.07) is 11.5. The van der Waals surface area contributed by atoms with Crippen LogP contribution in [0.15, 0.2) is 48.8 Å². The van der Waals surface area contributed by atoms with E-state index in [-0.39, 0.29) is 12.6 Å². The number of aliphatic carboxylic acids is 1. The van der Waals surface area contributed by atoms with Crippen molar-refractivity contribution in [3.8, 4) is 17.1 Å². The minimum atomic E-state index is -0.839. The summed E-state index contributed by atoms with van der Waals surface area (Å²) < 4.78 is 13.6. The molecule has 0 bridgehead atoms. The van der Waals surface area contributed by atoms with E-state index in [4.69, 9.17) is 14.6 Å². The Kier molecular flexibility index (Phi) is 6.09. The Morgan fingerprint density at radius 2 is 2.17 bits per heavy atom. The van der Waals surface area contributed by atoms with Crippen LogP contribution in [-0.4, -0.2) is 32.4 Å². The molecule has 7 nitrogen and oxygen atoms in total. The highest BCUT2D eigenvalue weighted by Gasteiger charge is 2.20. The third-order valence-corrected chi connectivity index (χ3v) is 5.26. The Morgan fingerprint density at radius 3 is 2.90 bits per heavy atom. The van der Waals surface area contributed by atoms with Gasteiger partial charge in [0.25, 0.3) is 0 Å². The Morgan fingerprint density at radius 1 is 1.27 bits per heavy atom. The molecule has 0 radical (unpaired) electrons. The van der Waals surface area contributed by atoms with Gasteiger partial charge in [-0.1, -0.05) is 18.2 Å². The van der Waals surface area contributed by atoms with E-state index in [2.05, 4.69) is 10.1 Å². The van der Waals surface area contributed by atoms with E-state index >= 15 is 0 Å². The lowest BCUT2D eigenvalue weighted by Gasteiger charge is -2.24. The lowest BCUT2D eigenvalue weighted by Crippen LogP contribution is -2.20. The maximum Gasteiger partial charge on any atom is 0.307 e. The van der Waals surface area contributed by atoms with Crippen molar-refractivity contribution in [3.05, 3.63) is 65.5 Å². The van der Waals surface area contributed by atoms with Crippen LogP contribution < -0.4 is 4.74 Å². The highest BCUT2D eigenvalue weighted by Crippen LogP contribution is 2.28. The van der Waals surface area contributed by atoms with Crippen molar-refractivity contribution in [2.24, 2.45) is 0 Å². The smallest absolute Gasteiger partial charge is 0.307 e. The van der Waals surface area contributed by atoms with Crippen LogP contribution in [-0.2, 0) is 22.6 Å². The zero-order valence-corrected chi connectivity index (χ0v) is 17.0. The number of ether oxygens (including phenoxy) is 2. The second-order valence-corrected chi connectivity index (χ2v) is 7.48. The zero-order valence-electron chi connectivity index (χ0n) is 17.0. The maximum atomic E-state index is 11.0. The molecule has 156 valence electrons. The molecule has 1 aliphatic rings. The zero-order chi connectivity index (χ0) is 20.9. The molecule has 30 heavy (non-hydrogen) atoms. The summed E-state index contributed by atoms with van der Waals surface area (Å²) in [6.07, 6.45) is 6.62. The molecule has 1 aliphatic heterocycles. The van der Waals surface area contributed by atoms with Gasteiger partial charge in [-0.15, -0.1) is 0 Å². The number of hydrogen-bond acceptors (Lipinski definition) is 5. The van der Waals surface area contributed by atoms with Gasteiger partial charge in [0.05, 0.1) is 24.0 Å². The normalized spacial score (nSPS) is 16.4. The first-order valence-electron chi connectivity index (χ1n) is 10.1. The van der Waals surface area contributed by atoms with E-state index in [1.54, 1.807) is 12.4 Å². The molecule has 0 saturated carbocycles. The highest BCUT2D eigenvalue weighted by atomic mass is 16.5. The van der Waals surface area contributed by atoms with Crippen LogP contribution in [0.2, 0.25) is 0 Å². The Hall–Kier alpha value is -3.19. The number of carboxylic acids is 1. The molecule has 2 aromatic heterocycles. The molecule has 1 saturated heterocycles. The average Bonchev–Trinajstić information content (AvgIpc) is 3.25. The van der Waals surface area contributed by atoms with Gasteiger partial charge in [-0.25, -0.2) is 4.68 Å². The molecule has 1 fully saturated rings. The standard InChI is InChI=1S/C23H25N3O4/c1-16-5-6-17(12-18(16)13-23(27)28)15-30-19-7-8-20(24-14-19)21-9-10-25-26(21)22-4-2-3-11-29-22/h5-10,12,14,22H,2-4,11,13,15H2,1H3,(H,27,28). The first-order chi connectivity index (χ1) is 14.6. The molecule has 3 heterocycles. The largest absolute Gasteiger partial charge is 0.487 e. The first-order valence-corrected chi connectivity index (χ1v) is 10.1. The van der Waals surface area contributed by atoms with E-state index < -0.39 is 5.97 Å². The fourth-order valence-corrected chi connectivity index (χ4v) is 3.61. The molecule has 0 spiro atoms. The number of benzene rings is 1. The Labute approximate surface area is 175 Å². The third kappa shape index (κ3) is 4.68. The van der Waals surface area contributed by atoms with Crippen LogP contribution >= 0.6 is 0 Å². The molecule has 1 N–H and O–H groups in total. The molecule has 4 rings (SSSR count). The number of carbonyl (C=O) groups is 1. The second kappa shape index (κ2) is 9.09. The van der Waals surface area contributed by atoms with E-state index in [1.807, 2.05) is 48.0 Å². The van der Waals surface area contributed by atoms with Gasteiger partial charge < -0.3 is 14.6 Å². The van der Waals surface area contributed by atoms with E-state index in [1.165, 1.54) is 0 Å². The van der Waals surface area contributed by atoms with Crippen LogP contribution in [0.25, 0.3) is 11.4 Å². The topological polar surface area (TPSA) is 86.5 Å². The number of aromatic nitrogens is 3. The van der Waals surface area contributed by atoms with Gasteiger partial charge in [-0.2, -0.15) is 5.10 Å². The number of aryl methyl sites for hydroxylation is 1. The van der Waals surface area contributed by atoms with Crippen molar-refractivity contribution in [3.63, 3.8) is 0 Å². The van der Waals surface area contributed by atoms with Crippen molar-refractivity contribution >= 4 is 5.97 Å². The molecule has 7 heteroatoms. The van der Waals surface area contributed by atoms with E-state index in [9.17, 15) is 4.79 Å². The molecule has 0 aliphatic carbocycles. The van der Waals surface area contributed by atoms with Crippen LogP contribution in [0.5, 0.6) is 5.75 Å². The minimum Gasteiger partial charge on any atom is -0.487 e. The summed E-state index contributed by atoms with van der Waals surface area (Å²) in [7, 11) is 0. The molecule has 1 aromatic carbocycles. The fourth-order valence-electron chi connectivity index (χ4n) is 3.61. The fraction of sp³-hybridized carbons (Fsp3) is 0.348. The summed E-state index contributed by atoms with van der Waals surface area (Å²) in [5, 5.41) is 13.5. The summed E-state index contributed by atoms with van der Waals surface area (Å²) >= 11 is 0. The van der Waals surface area contributed by atoms with Gasteiger partial charge in [-0.3, -0.25) is 9.78 Å². The molecular formula is C23H25N3O4. The molecule has 3 aromatic rings. The summed E-state index contributed by atoms with van der Waals surface area (Å²) in [5.41, 5.74) is 4.42. The number of pyridine rings is 1. The van der Waals surface area contributed by atoms with Gasteiger partial charge in [0.1, 0.15) is 12.4 Å². The predicted molar refractivity (Wildman–Crippen MR) is 111 cm³/mol. The van der Waals surface area contributed by atoms with Crippen LogP contribution in [0.1, 0.15) is 42.2 Å². The number of rotatable bonds is 7. The Balaban J connectivity index is 1.43. The second-order valence-electron chi connectivity index (χ2n) is 7.48. The highest BCUT2D eigenvalue weighted by molar-refractivity contribution is 5.70. The SMILES string of the molecule is Cc1ccc(COc2ccc(-c3ccnn3C3CCCCO3)nc2)cc1CC(=O)O. The number of hydrogen-bond donors (Lipinski definition) is 1. The number of nitrogens with zero attached hydrogens (tertiary/aromatic N) is 3. The van der Waals surface area contributed by atoms with Crippen molar-refractivity contribution in [2.45, 2.75) is 45.4 Å². The van der Waals surface area contributed by atoms with Crippen molar-refractivity contribution in [1.29, 1.82) is 0 Å². The van der Waals surface area contributed by atoms with Gasteiger partial charge >= 0.3 is 5.97 Å². The van der Waals surface area contributed by atoms with Gasteiger partial charge in [0, 0.05) is 12.8 Å². The maximum absolute atomic E-state index is 11.0. The summed E-state index contributed by atoms with van der Waals surface area (Å²) in [6.45, 7) is 3.02. The van der Waals surface area contributed by atoms with Gasteiger partial charge in [0.15, 0.2) is 6.23 Å². The van der Waals surface area contributed by atoms with Crippen LogP contribution in [0.3, 0.4) is 0 Å².